The van der Waals surface area contributed by atoms with E-state index in [1.165, 1.54) is 18.3 Å². The molecule has 28 heavy (non-hydrogen) atoms. The molecule has 0 unspecified atom stereocenters. The van der Waals surface area contributed by atoms with Gasteiger partial charge in [-0.2, -0.15) is 5.10 Å². The van der Waals surface area contributed by atoms with Crippen LogP contribution in [0.25, 0.3) is 0 Å². The van der Waals surface area contributed by atoms with Crippen LogP contribution in [0.2, 0.25) is 0 Å². The first-order chi connectivity index (χ1) is 13.6. The van der Waals surface area contributed by atoms with E-state index < -0.39 is 23.3 Å². The molecule has 4 rings (SSSR count). The van der Waals surface area contributed by atoms with Crippen molar-refractivity contribution in [2.45, 2.75) is 5.54 Å². The maximum absolute atomic E-state index is 13.8. The number of imide groups is 1. The number of amides is 3. The summed E-state index contributed by atoms with van der Waals surface area (Å²) in [5.41, 5.74) is 0.0120. The molecular weight excluding hydrogens is 357 g/mol. The van der Waals surface area contributed by atoms with Crippen molar-refractivity contribution in [2.24, 2.45) is 5.10 Å². The first-order valence-corrected chi connectivity index (χ1v) is 8.69. The molecule has 0 bridgehead atoms. The number of rotatable bonds is 4. The summed E-state index contributed by atoms with van der Waals surface area (Å²) < 4.78 is 13.8. The smallest absolute Gasteiger partial charge is 0.314 e. The van der Waals surface area contributed by atoms with Gasteiger partial charge in [-0.15, -0.1) is 5.01 Å². The number of nitrogens with one attached hydrogen (secondary N) is 1. The molecular formula is C22H16FN3O2. The van der Waals surface area contributed by atoms with Crippen LogP contribution in [0.4, 0.5) is 9.18 Å². The Labute approximate surface area is 161 Å². The summed E-state index contributed by atoms with van der Waals surface area (Å²) in [5.74, 6) is -1.04. The van der Waals surface area contributed by atoms with Crippen LogP contribution >= 0.6 is 0 Å². The molecule has 0 spiro atoms. The van der Waals surface area contributed by atoms with Crippen molar-refractivity contribution in [3.8, 4) is 0 Å². The Morgan fingerprint density at radius 1 is 0.821 bits per heavy atom. The minimum atomic E-state index is -1.40. The van der Waals surface area contributed by atoms with Gasteiger partial charge in [-0.05, 0) is 17.2 Å². The molecule has 1 aliphatic heterocycles. The van der Waals surface area contributed by atoms with Crippen molar-refractivity contribution >= 4 is 18.2 Å². The molecule has 1 aliphatic rings. The monoisotopic (exact) mass is 373 g/mol. The van der Waals surface area contributed by atoms with E-state index in [0.717, 1.165) is 5.01 Å². The number of carbonyl (C=O) groups excluding carboxylic acids is 2. The number of hydrogen-bond acceptors (Lipinski definition) is 3. The van der Waals surface area contributed by atoms with Crippen LogP contribution in [0.3, 0.4) is 0 Å². The van der Waals surface area contributed by atoms with E-state index in [1.54, 1.807) is 60.7 Å². The Kier molecular flexibility index (Phi) is 4.45. The lowest BCUT2D eigenvalue weighted by Gasteiger charge is -2.27. The van der Waals surface area contributed by atoms with Crippen LogP contribution in [-0.4, -0.2) is 23.2 Å². The van der Waals surface area contributed by atoms with Gasteiger partial charge in [0.1, 0.15) is 5.82 Å². The SMILES string of the molecule is O=C1NC(c2ccccc2)(c2ccccc2)C(=O)N1/N=C\c1ccccc1F. The highest BCUT2D eigenvalue weighted by Gasteiger charge is 2.54. The van der Waals surface area contributed by atoms with Gasteiger partial charge in [-0.25, -0.2) is 9.18 Å². The second-order valence-corrected chi connectivity index (χ2v) is 6.30. The summed E-state index contributed by atoms with van der Waals surface area (Å²) in [5, 5.41) is 7.49. The van der Waals surface area contributed by atoms with Crippen molar-refractivity contribution in [3.05, 3.63) is 107 Å². The van der Waals surface area contributed by atoms with Crippen LogP contribution in [0.1, 0.15) is 16.7 Å². The molecule has 5 nitrogen and oxygen atoms in total. The van der Waals surface area contributed by atoms with E-state index in [1.807, 2.05) is 12.1 Å². The summed E-state index contributed by atoms with van der Waals surface area (Å²) in [6.45, 7) is 0. The van der Waals surface area contributed by atoms with E-state index in [-0.39, 0.29) is 5.56 Å². The molecule has 1 heterocycles. The largest absolute Gasteiger partial charge is 0.346 e. The summed E-state index contributed by atoms with van der Waals surface area (Å²) >= 11 is 0. The van der Waals surface area contributed by atoms with Crippen molar-refractivity contribution in [1.29, 1.82) is 0 Å². The van der Waals surface area contributed by atoms with E-state index in [9.17, 15) is 14.0 Å². The topological polar surface area (TPSA) is 61.8 Å². The van der Waals surface area contributed by atoms with Crippen molar-refractivity contribution in [2.75, 3.05) is 0 Å². The lowest BCUT2D eigenvalue weighted by atomic mass is 9.83. The predicted molar refractivity (Wildman–Crippen MR) is 103 cm³/mol. The third kappa shape index (κ3) is 2.85. The lowest BCUT2D eigenvalue weighted by Crippen LogP contribution is -2.44. The molecule has 3 aromatic carbocycles. The van der Waals surface area contributed by atoms with Crippen LogP contribution in [0, 0.1) is 5.82 Å². The standard InChI is InChI=1S/C22H16FN3O2/c23-19-14-8-7-9-16(19)15-24-26-20(27)22(25-21(26)28,17-10-3-1-4-11-17)18-12-5-2-6-13-18/h1-15H,(H,25,28)/b24-15-. The zero-order chi connectivity index (χ0) is 19.6. The van der Waals surface area contributed by atoms with Crippen LogP contribution in [0.5, 0.6) is 0 Å². The van der Waals surface area contributed by atoms with E-state index >= 15 is 0 Å². The van der Waals surface area contributed by atoms with Gasteiger partial charge >= 0.3 is 6.03 Å². The third-order valence-electron chi connectivity index (χ3n) is 4.63. The molecule has 1 fully saturated rings. The average molecular weight is 373 g/mol. The Morgan fingerprint density at radius 2 is 1.36 bits per heavy atom. The Morgan fingerprint density at radius 3 is 1.93 bits per heavy atom. The molecule has 0 atom stereocenters. The van der Waals surface area contributed by atoms with E-state index in [0.29, 0.717) is 11.1 Å². The predicted octanol–water partition coefficient (Wildman–Crippen LogP) is 3.66. The van der Waals surface area contributed by atoms with Crippen molar-refractivity contribution < 1.29 is 14.0 Å². The highest BCUT2D eigenvalue weighted by atomic mass is 19.1. The first kappa shape index (κ1) is 17.6. The van der Waals surface area contributed by atoms with Gasteiger partial charge < -0.3 is 5.32 Å². The Balaban J connectivity index is 1.79. The fraction of sp³-hybridized carbons (Fsp3) is 0.0455. The molecule has 6 heteroatoms. The van der Waals surface area contributed by atoms with E-state index in [2.05, 4.69) is 10.4 Å². The van der Waals surface area contributed by atoms with Crippen molar-refractivity contribution in [3.63, 3.8) is 0 Å². The molecule has 0 radical (unpaired) electrons. The number of hydrogen-bond donors (Lipinski definition) is 1. The van der Waals surface area contributed by atoms with Gasteiger partial charge in [-0.3, -0.25) is 4.79 Å². The minimum absolute atomic E-state index is 0.181. The molecule has 0 aromatic heterocycles. The van der Waals surface area contributed by atoms with E-state index in [4.69, 9.17) is 0 Å². The zero-order valence-corrected chi connectivity index (χ0v) is 14.7. The average Bonchev–Trinajstić information content (AvgIpc) is 3.00. The normalized spacial score (nSPS) is 15.8. The van der Waals surface area contributed by atoms with Gasteiger partial charge in [0.25, 0.3) is 5.91 Å². The number of nitrogens with zero attached hydrogens (tertiary/aromatic N) is 2. The molecule has 1 saturated heterocycles. The van der Waals surface area contributed by atoms with Crippen LogP contribution in [0.15, 0.2) is 90.0 Å². The van der Waals surface area contributed by atoms with Crippen LogP contribution < -0.4 is 5.32 Å². The van der Waals surface area contributed by atoms with Crippen LogP contribution in [-0.2, 0) is 10.3 Å². The number of hydrazone groups is 1. The molecule has 3 aromatic rings. The second-order valence-electron chi connectivity index (χ2n) is 6.30. The molecule has 138 valence electrons. The fourth-order valence-electron chi connectivity index (χ4n) is 3.26. The fourth-order valence-corrected chi connectivity index (χ4v) is 3.26. The Bertz CT molecular complexity index is 1010. The van der Waals surface area contributed by atoms with Gasteiger partial charge in [0.2, 0.25) is 0 Å². The van der Waals surface area contributed by atoms with Gasteiger partial charge in [0.15, 0.2) is 5.54 Å². The Hall–Kier alpha value is -3.80. The van der Waals surface area contributed by atoms with Gasteiger partial charge in [0.05, 0.1) is 6.21 Å². The lowest BCUT2D eigenvalue weighted by molar-refractivity contribution is -0.130. The molecule has 1 N–H and O–H groups in total. The molecule has 0 aliphatic carbocycles. The number of halogens is 1. The zero-order valence-electron chi connectivity index (χ0n) is 14.7. The molecule has 3 amide bonds. The maximum atomic E-state index is 13.8. The van der Waals surface area contributed by atoms with Gasteiger partial charge in [0, 0.05) is 5.56 Å². The third-order valence-corrected chi connectivity index (χ3v) is 4.63. The number of carbonyl (C=O) groups is 2. The molecule has 0 saturated carbocycles. The number of urea groups is 1. The summed E-state index contributed by atoms with van der Waals surface area (Å²) in [7, 11) is 0. The summed E-state index contributed by atoms with van der Waals surface area (Å²) in [4.78, 5) is 26.0. The minimum Gasteiger partial charge on any atom is -0.314 e. The first-order valence-electron chi connectivity index (χ1n) is 8.69. The summed E-state index contributed by atoms with van der Waals surface area (Å²) in [6.07, 6.45) is 1.17. The quantitative estimate of drug-likeness (QED) is 0.560. The maximum Gasteiger partial charge on any atom is 0.346 e. The van der Waals surface area contributed by atoms with Gasteiger partial charge in [-0.1, -0.05) is 78.9 Å². The highest BCUT2D eigenvalue weighted by Crippen LogP contribution is 2.36. The second kappa shape index (κ2) is 7.08. The summed E-state index contributed by atoms with van der Waals surface area (Å²) in [6, 6.07) is 23.3. The highest BCUT2D eigenvalue weighted by molar-refractivity contribution is 6.09. The number of benzene rings is 3. The van der Waals surface area contributed by atoms with Crippen molar-refractivity contribution in [1.82, 2.24) is 10.3 Å².